The first-order valence-electron chi connectivity index (χ1n) is 13.9. The van der Waals surface area contributed by atoms with E-state index in [4.69, 9.17) is 13.9 Å². The van der Waals surface area contributed by atoms with Gasteiger partial charge in [-0.15, -0.1) is 0 Å². The summed E-state index contributed by atoms with van der Waals surface area (Å²) in [7, 11) is 1.90. The third kappa shape index (κ3) is 6.96. The van der Waals surface area contributed by atoms with Crippen LogP contribution in [0.5, 0.6) is 5.75 Å². The molecule has 4 heterocycles. The fourth-order valence-corrected chi connectivity index (χ4v) is 4.75. The summed E-state index contributed by atoms with van der Waals surface area (Å²) in [6.07, 6.45) is 2.28. The molecule has 1 fully saturated rings. The minimum absolute atomic E-state index is 0.0999. The number of nitrogens with zero attached hydrogens (tertiary/aromatic N) is 5. The van der Waals surface area contributed by atoms with Gasteiger partial charge in [-0.3, -0.25) is 9.69 Å². The van der Waals surface area contributed by atoms with Crippen LogP contribution < -0.4 is 15.0 Å². The number of ketones is 1. The number of hydrogen-bond donors (Lipinski definition) is 2. The SMILES string of the molecule is CCN(C)c1nc(NC2COC2)cc(C(=O)CC[C@H](O)CN2CCc3cc(OCc4ocnc4C)ccc3C2)n1. The number of aliphatic hydroxyl groups is 1. The highest BCUT2D eigenvalue weighted by molar-refractivity contribution is 5.95. The van der Waals surface area contributed by atoms with Gasteiger partial charge in [-0.2, -0.15) is 4.98 Å². The summed E-state index contributed by atoms with van der Waals surface area (Å²) >= 11 is 0. The van der Waals surface area contributed by atoms with Gasteiger partial charge in [0, 0.05) is 45.7 Å². The van der Waals surface area contributed by atoms with Crippen molar-refractivity contribution in [1.29, 1.82) is 0 Å². The van der Waals surface area contributed by atoms with Crippen molar-refractivity contribution >= 4 is 17.5 Å². The van der Waals surface area contributed by atoms with E-state index in [1.54, 1.807) is 6.07 Å². The van der Waals surface area contributed by atoms with Gasteiger partial charge in [0.1, 0.15) is 23.9 Å². The van der Waals surface area contributed by atoms with Crippen LogP contribution in [0.4, 0.5) is 11.8 Å². The van der Waals surface area contributed by atoms with Crippen LogP contribution in [0.1, 0.15) is 52.8 Å². The Labute approximate surface area is 234 Å². The topological polar surface area (TPSA) is 126 Å². The van der Waals surface area contributed by atoms with Crippen molar-refractivity contribution in [3.05, 3.63) is 58.9 Å². The summed E-state index contributed by atoms with van der Waals surface area (Å²) in [4.78, 5) is 30.3. The zero-order valence-electron chi connectivity index (χ0n) is 23.4. The second-order valence-corrected chi connectivity index (χ2v) is 10.5. The number of carbonyl (C=O) groups excluding carboxylic acids is 1. The first kappa shape index (κ1) is 28.0. The highest BCUT2D eigenvalue weighted by Crippen LogP contribution is 2.25. The van der Waals surface area contributed by atoms with Crippen LogP contribution >= 0.6 is 0 Å². The van der Waals surface area contributed by atoms with E-state index in [9.17, 15) is 9.90 Å². The van der Waals surface area contributed by atoms with Gasteiger partial charge in [0.2, 0.25) is 5.95 Å². The van der Waals surface area contributed by atoms with E-state index >= 15 is 0 Å². The summed E-state index contributed by atoms with van der Waals surface area (Å²) in [5.41, 5.74) is 3.68. The predicted molar refractivity (Wildman–Crippen MR) is 150 cm³/mol. The molecule has 3 aromatic rings. The molecule has 0 saturated carbocycles. The Morgan fingerprint density at radius 1 is 1.27 bits per heavy atom. The van der Waals surface area contributed by atoms with Gasteiger partial charge in [0.15, 0.2) is 17.9 Å². The number of ether oxygens (including phenoxy) is 2. The van der Waals surface area contributed by atoms with Crippen molar-refractivity contribution in [3.8, 4) is 5.75 Å². The van der Waals surface area contributed by atoms with E-state index < -0.39 is 6.10 Å². The number of rotatable bonds is 13. The first-order chi connectivity index (χ1) is 19.4. The number of fused-ring (bicyclic) bond motifs is 1. The Kier molecular flexibility index (Phi) is 8.93. The second-order valence-electron chi connectivity index (χ2n) is 10.5. The van der Waals surface area contributed by atoms with Crippen LogP contribution in [0.2, 0.25) is 0 Å². The van der Waals surface area contributed by atoms with E-state index in [2.05, 4.69) is 37.3 Å². The molecule has 0 unspecified atom stereocenters. The molecule has 1 aromatic carbocycles. The van der Waals surface area contributed by atoms with Gasteiger partial charge in [0.25, 0.3) is 0 Å². The Morgan fingerprint density at radius 2 is 2.12 bits per heavy atom. The van der Waals surface area contributed by atoms with Crippen LogP contribution in [-0.4, -0.2) is 82.8 Å². The van der Waals surface area contributed by atoms with Crippen molar-refractivity contribution in [3.63, 3.8) is 0 Å². The second kappa shape index (κ2) is 12.8. The zero-order valence-corrected chi connectivity index (χ0v) is 23.4. The molecule has 1 atom stereocenters. The van der Waals surface area contributed by atoms with Crippen molar-refractivity contribution < 1.29 is 23.8 Å². The van der Waals surface area contributed by atoms with E-state index in [1.807, 2.05) is 31.9 Å². The summed E-state index contributed by atoms with van der Waals surface area (Å²) in [6, 6.07) is 8.03. The van der Waals surface area contributed by atoms with Crippen LogP contribution in [0.3, 0.4) is 0 Å². The predicted octanol–water partition coefficient (Wildman–Crippen LogP) is 3.00. The molecule has 0 amide bonds. The maximum absolute atomic E-state index is 13.1. The monoisotopic (exact) mass is 550 g/mol. The highest BCUT2D eigenvalue weighted by Gasteiger charge is 2.23. The lowest BCUT2D eigenvalue weighted by Gasteiger charge is -2.30. The molecule has 0 bridgehead atoms. The number of carbonyl (C=O) groups is 1. The number of oxazole rings is 1. The number of aryl methyl sites for hydroxylation is 1. The lowest BCUT2D eigenvalue weighted by molar-refractivity contribution is 0.0209. The Balaban J connectivity index is 1.12. The van der Waals surface area contributed by atoms with Gasteiger partial charge in [-0.1, -0.05) is 6.07 Å². The lowest BCUT2D eigenvalue weighted by atomic mass is 9.98. The fourth-order valence-electron chi connectivity index (χ4n) is 4.75. The number of nitrogens with one attached hydrogen (secondary N) is 1. The zero-order chi connectivity index (χ0) is 28.1. The minimum Gasteiger partial charge on any atom is -0.486 e. The normalized spacial score (nSPS) is 16.2. The summed E-state index contributed by atoms with van der Waals surface area (Å²) in [5, 5.41) is 14.1. The molecule has 40 heavy (non-hydrogen) atoms. The third-order valence-electron chi connectivity index (χ3n) is 7.46. The fraction of sp³-hybridized carbons (Fsp3) is 0.517. The van der Waals surface area contributed by atoms with Gasteiger partial charge in [-0.05, 0) is 49.9 Å². The van der Waals surface area contributed by atoms with Crippen LogP contribution in [0.15, 0.2) is 35.1 Å². The molecule has 2 aliphatic heterocycles. The Hall–Kier alpha value is -3.54. The molecule has 0 aliphatic carbocycles. The van der Waals surface area contributed by atoms with E-state index in [0.29, 0.717) is 50.2 Å². The molecular formula is C29H38N6O5. The number of benzene rings is 1. The van der Waals surface area contributed by atoms with E-state index in [-0.39, 0.29) is 18.2 Å². The molecule has 11 nitrogen and oxygen atoms in total. The number of β-amino-alcohol motifs (C(OH)–C–C–N with tert-alkyl or cyclic N) is 1. The van der Waals surface area contributed by atoms with Crippen molar-refractivity contribution in [2.45, 2.75) is 58.4 Å². The molecule has 11 heteroatoms. The highest BCUT2D eigenvalue weighted by atomic mass is 16.5. The van der Waals surface area contributed by atoms with E-state index in [1.165, 1.54) is 17.5 Å². The molecule has 0 radical (unpaired) electrons. The molecule has 2 N–H and O–H groups in total. The van der Waals surface area contributed by atoms with Crippen molar-refractivity contribution in [2.75, 3.05) is 50.1 Å². The largest absolute Gasteiger partial charge is 0.486 e. The molecule has 5 rings (SSSR count). The number of hydrogen-bond acceptors (Lipinski definition) is 11. The van der Waals surface area contributed by atoms with Crippen molar-refractivity contribution in [2.24, 2.45) is 0 Å². The quantitative estimate of drug-likeness (QED) is 0.305. The molecule has 2 aliphatic rings. The van der Waals surface area contributed by atoms with Gasteiger partial charge < -0.3 is 29.2 Å². The van der Waals surface area contributed by atoms with Crippen LogP contribution in [-0.2, 0) is 24.3 Å². The first-order valence-corrected chi connectivity index (χ1v) is 13.9. The number of Topliss-reactive ketones (excluding diaryl/α,β-unsaturated/α-hetero) is 1. The molecule has 0 spiro atoms. The smallest absolute Gasteiger partial charge is 0.227 e. The lowest BCUT2D eigenvalue weighted by Crippen LogP contribution is -2.40. The van der Waals surface area contributed by atoms with E-state index in [0.717, 1.165) is 43.3 Å². The van der Waals surface area contributed by atoms with Crippen molar-refractivity contribution in [1.82, 2.24) is 19.9 Å². The molecular weight excluding hydrogens is 512 g/mol. The maximum atomic E-state index is 13.1. The minimum atomic E-state index is -0.609. The van der Waals surface area contributed by atoms with Crippen LogP contribution in [0.25, 0.3) is 0 Å². The number of anilines is 2. The Bertz CT molecular complexity index is 1310. The van der Waals surface area contributed by atoms with Gasteiger partial charge in [0.05, 0.1) is 31.1 Å². The van der Waals surface area contributed by atoms with Gasteiger partial charge >= 0.3 is 0 Å². The average Bonchev–Trinajstić information content (AvgIpc) is 3.36. The Morgan fingerprint density at radius 3 is 2.85 bits per heavy atom. The number of aromatic nitrogens is 3. The molecule has 1 saturated heterocycles. The summed E-state index contributed by atoms with van der Waals surface area (Å²) in [5.74, 6) is 2.56. The van der Waals surface area contributed by atoms with Crippen LogP contribution in [0, 0.1) is 6.92 Å². The standard InChI is InChI=1S/C29H38N6O5/c1-4-34(3)29-32-25(12-28(33-29)31-22-15-38-16-22)26(37)8-6-23(36)14-35-10-9-20-11-24(7-5-21(20)13-35)39-17-27-19(2)30-18-40-27/h5,7,11-12,18,22-23,36H,4,6,8-10,13-17H2,1-3H3,(H,31,32,33)/t23-/m0/s1. The molecule has 214 valence electrons. The summed E-state index contributed by atoms with van der Waals surface area (Å²) in [6.45, 7) is 8.31. The molecule has 2 aromatic heterocycles. The average molecular weight is 551 g/mol. The maximum Gasteiger partial charge on any atom is 0.227 e. The number of aliphatic hydroxyl groups excluding tert-OH is 1. The van der Waals surface area contributed by atoms with Gasteiger partial charge in [-0.25, -0.2) is 9.97 Å². The third-order valence-corrected chi connectivity index (χ3v) is 7.46. The summed E-state index contributed by atoms with van der Waals surface area (Å²) < 4.78 is 16.5.